The highest BCUT2D eigenvalue weighted by atomic mass is 16.5. The Morgan fingerprint density at radius 1 is 1.42 bits per heavy atom. The van der Waals surface area contributed by atoms with E-state index in [1.54, 1.807) is 0 Å². The van der Waals surface area contributed by atoms with Gasteiger partial charge in [0.15, 0.2) is 0 Å². The van der Waals surface area contributed by atoms with Gasteiger partial charge in [0.25, 0.3) is 0 Å². The molecule has 2 rings (SSSR count). The van der Waals surface area contributed by atoms with E-state index in [1.165, 1.54) is 0 Å². The van der Waals surface area contributed by atoms with Gasteiger partial charge < -0.3 is 9.84 Å². The highest BCUT2D eigenvalue weighted by molar-refractivity contribution is 5.68. The molecule has 5 nitrogen and oxygen atoms in total. The highest BCUT2D eigenvalue weighted by Crippen LogP contribution is 2.57. The second-order valence-corrected chi connectivity index (χ2v) is 7.30. The summed E-state index contributed by atoms with van der Waals surface area (Å²) in [5.41, 5.74) is 0.247. The van der Waals surface area contributed by atoms with E-state index >= 15 is 0 Å². The van der Waals surface area contributed by atoms with Gasteiger partial charge in [0.05, 0.1) is 5.41 Å². The molecule has 1 aliphatic carbocycles. The van der Waals surface area contributed by atoms with Crippen LogP contribution in [0.2, 0.25) is 0 Å². The summed E-state index contributed by atoms with van der Waals surface area (Å²) in [7, 11) is 0. The summed E-state index contributed by atoms with van der Waals surface area (Å²) < 4.78 is 5.24. The molecule has 5 heteroatoms. The fourth-order valence-electron chi connectivity index (χ4n) is 3.64. The fourth-order valence-corrected chi connectivity index (χ4v) is 3.64. The van der Waals surface area contributed by atoms with E-state index in [-0.39, 0.29) is 24.5 Å². The van der Waals surface area contributed by atoms with Gasteiger partial charge >= 0.3 is 12.3 Å². The molecule has 1 unspecified atom stereocenters. The molecule has 1 aromatic carbocycles. The van der Waals surface area contributed by atoms with Crippen LogP contribution in [0.5, 0.6) is 0 Å². The van der Waals surface area contributed by atoms with Crippen molar-refractivity contribution in [2.24, 2.45) is 16.7 Å². The van der Waals surface area contributed by atoms with E-state index in [9.17, 15) is 9.90 Å². The van der Waals surface area contributed by atoms with E-state index in [0.29, 0.717) is 0 Å². The summed E-state index contributed by atoms with van der Waals surface area (Å²) in [6.07, 6.45) is 0.390. The van der Waals surface area contributed by atoms with E-state index < -0.39 is 17.7 Å². The Balaban J connectivity index is 2.01. The van der Waals surface area contributed by atoms with Crippen molar-refractivity contribution in [2.45, 2.75) is 46.4 Å². The van der Waals surface area contributed by atoms with Gasteiger partial charge in [-0.1, -0.05) is 44.2 Å². The summed E-state index contributed by atoms with van der Waals surface area (Å²) in [5.74, 6) is 0.133. The summed E-state index contributed by atoms with van der Waals surface area (Å²) in [5, 5.41) is 12.3. The lowest BCUT2D eigenvalue weighted by atomic mass is 9.64. The van der Waals surface area contributed by atoms with Crippen LogP contribution < -0.4 is 5.32 Å². The number of carbonyl (C=O) groups excluding carboxylic acids is 1. The first-order valence-corrected chi connectivity index (χ1v) is 8.30. The molecular weight excluding hydrogens is 304 g/mol. The van der Waals surface area contributed by atoms with Crippen molar-refractivity contribution in [2.75, 3.05) is 6.61 Å². The molecule has 0 heterocycles. The third-order valence-corrected chi connectivity index (χ3v) is 5.93. The first-order valence-electron chi connectivity index (χ1n) is 8.30. The van der Waals surface area contributed by atoms with Crippen LogP contribution in [0.1, 0.15) is 39.2 Å². The van der Waals surface area contributed by atoms with Crippen molar-refractivity contribution >= 4 is 6.09 Å². The van der Waals surface area contributed by atoms with Gasteiger partial charge in [0.1, 0.15) is 6.61 Å². The van der Waals surface area contributed by atoms with Crippen LogP contribution in [0, 0.1) is 23.3 Å². The van der Waals surface area contributed by atoms with Crippen molar-refractivity contribution in [1.82, 2.24) is 5.32 Å². The summed E-state index contributed by atoms with van der Waals surface area (Å²) in [4.78, 5) is 15.8. The normalized spacial score (nSPS) is 26.4. The summed E-state index contributed by atoms with van der Waals surface area (Å²) in [6.45, 7) is 14.0. The molecule has 0 aliphatic heterocycles. The maximum absolute atomic E-state index is 12.1. The standard InChI is InChI=1S/C19H26N2O3/c1-18(2)15(12-22)10-11-19(18,3)16(20-4)21-17(23)24-13-14-8-6-5-7-9-14/h5-9,15-16,22H,10-13H2,1-3H3,(H,21,23)/t15-,16?,19+/m1/s1. The Bertz CT molecular complexity index is 609. The summed E-state index contributed by atoms with van der Waals surface area (Å²) >= 11 is 0. The van der Waals surface area contributed by atoms with Crippen molar-refractivity contribution in [3.63, 3.8) is 0 Å². The minimum atomic E-state index is -0.674. The van der Waals surface area contributed by atoms with Crippen LogP contribution in [0.25, 0.3) is 4.85 Å². The van der Waals surface area contributed by atoms with Crippen LogP contribution in [-0.4, -0.2) is 24.0 Å². The topological polar surface area (TPSA) is 62.9 Å². The lowest BCUT2D eigenvalue weighted by Crippen LogP contribution is -2.51. The van der Waals surface area contributed by atoms with E-state index in [2.05, 4.69) is 24.0 Å². The van der Waals surface area contributed by atoms with Crippen LogP contribution in [-0.2, 0) is 11.3 Å². The number of alkyl carbamates (subject to hydrolysis) is 1. The van der Waals surface area contributed by atoms with Gasteiger partial charge in [-0.3, -0.25) is 10.2 Å². The zero-order valence-corrected chi connectivity index (χ0v) is 14.6. The van der Waals surface area contributed by atoms with Crippen LogP contribution in [0.4, 0.5) is 4.79 Å². The van der Waals surface area contributed by atoms with Crippen LogP contribution in [0.15, 0.2) is 30.3 Å². The Morgan fingerprint density at radius 3 is 2.62 bits per heavy atom. The lowest BCUT2D eigenvalue weighted by molar-refractivity contribution is 0.0350. The molecule has 0 aromatic heterocycles. The maximum atomic E-state index is 12.1. The number of rotatable bonds is 5. The van der Waals surface area contributed by atoms with Crippen LogP contribution in [0.3, 0.4) is 0 Å². The third kappa shape index (κ3) is 3.39. The molecule has 130 valence electrons. The maximum Gasteiger partial charge on any atom is 0.413 e. The zero-order chi connectivity index (χ0) is 17.8. The molecule has 24 heavy (non-hydrogen) atoms. The van der Waals surface area contributed by atoms with E-state index in [1.807, 2.05) is 37.3 Å². The second-order valence-electron chi connectivity index (χ2n) is 7.30. The van der Waals surface area contributed by atoms with E-state index in [4.69, 9.17) is 11.3 Å². The van der Waals surface area contributed by atoms with Crippen molar-refractivity contribution in [3.05, 3.63) is 47.3 Å². The molecule has 1 aliphatic rings. The van der Waals surface area contributed by atoms with Gasteiger partial charge in [0.2, 0.25) is 0 Å². The molecule has 3 atom stereocenters. The highest BCUT2D eigenvalue weighted by Gasteiger charge is 2.59. The molecule has 2 N–H and O–H groups in total. The largest absolute Gasteiger partial charge is 0.445 e. The van der Waals surface area contributed by atoms with E-state index in [0.717, 1.165) is 18.4 Å². The van der Waals surface area contributed by atoms with Gasteiger partial charge in [-0.25, -0.2) is 11.4 Å². The number of benzene rings is 1. The van der Waals surface area contributed by atoms with Crippen molar-refractivity contribution in [3.8, 4) is 0 Å². The number of aliphatic hydroxyl groups is 1. The number of aliphatic hydroxyl groups excluding tert-OH is 1. The zero-order valence-electron chi connectivity index (χ0n) is 14.6. The van der Waals surface area contributed by atoms with Crippen molar-refractivity contribution < 1.29 is 14.6 Å². The summed E-state index contributed by atoms with van der Waals surface area (Å²) in [6, 6.07) is 9.43. The van der Waals surface area contributed by atoms with Gasteiger partial charge in [-0.15, -0.1) is 0 Å². The smallest absolute Gasteiger partial charge is 0.413 e. The number of nitrogens with zero attached hydrogens (tertiary/aromatic N) is 1. The molecule has 1 saturated carbocycles. The second kappa shape index (κ2) is 7.23. The quantitative estimate of drug-likeness (QED) is 0.811. The first-order chi connectivity index (χ1) is 11.3. The molecule has 0 spiro atoms. The SMILES string of the molecule is [C-]#[N+]C(NC(=O)OCc1ccccc1)[C@]1(C)CC[C@H](CO)C1(C)C. The molecule has 0 bridgehead atoms. The number of hydrogen-bond acceptors (Lipinski definition) is 3. The third-order valence-electron chi connectivity index (χ3n) is 5.93. The Kier molecular flexibility index (Phi) is 5.51. The molecule has 1 amide bonds. The fraction of sp³-hybridized carbons (Fsp3) is 0.579. The Morgan fingerprint density at radius 2 is 2.08 bits per heavy atom. The minimum Gasteiger partial charge on any atom is -0.445 e. The monoisotopic (exact) mass is 330 g/mol. The molecule has 0 radical (unpaired) electrons. The minimum absolute atomic E-state index is 0.103. The average molecular weight is 330 g/mol. The lowest BCUT2D eigenvalue weighted by Gasteiger charge is -2.41. The number of hydrogen-bond donors (Lipinski definition) is 2. The van der Waals surface area contributed by atoms with Crippen molar-refractivity contribution in [1.29, 1.82) is 0 Å². The average Bonchev–Trinajstić information content (AvgIpc) is 2.81. The van der Waals surface area contributed by atoms with Gasteiger partial charge in [0, 0.05) is 6.61 Å². The number of nitrogens with one attached hydrogen (secondary N) is 1. The molecule has 0 saturated heterocycles. The molecule has 1 fully saturated rings. The number of amides is 1. The molecular formula is C19H26N2O3. The van der Waals surface area contributed by atoms with Gasteiger partial charge in [-0.2, -0.15) is 0 Å². The Hall–Kier alpha value is -2.06. The van der Waals surface area contributed by atoms with Crippen LogP contribution >= 0.6 is 0 Å². The first kappa shape index (κ1) is 18.3. The number of ether oxygens (including phenoxy) is 1. The predicted molar refractivity (Wildman–Crippen MR) is 91.9 cm³/mol. The Labute approximate surface area is 143 Å². The van der Waals surface area contributed by atoms with Gasteiger partial charge in [-0.05, 0) is 36.7 Å². The predicted octanol–water partition coefficient (Wildman–Crippen LogP) is 3.59. The number of carbonyl (C=O) groups is 1. The molecule has 1 aromatic rings.